The van der Waals surface area contributed by atoms with Crippen LogP contribution in [0.3, 0.4) is 0 Å². The number of rotatable bonds is 4. The Hall–Kier alpha value is -1.27. The maximum atomic E-state index is 12.5. The highest BCUT2D eigenvalue weighted by molar-refractivity contribution is 9.10. The molecule has 1 aliphatic heterocycles. The number of likely N-dealkylation sites (tertiary alicyclic amines) is 1. The molecule has 1 aromatic rings. The highest BCUT2D eigenvalue weighted by Gasteiger charge is 2.28. The van der Waals surface area contributed by atoms with Crippen LogP contribution in [0.2, 0.25) is 0 Å². The number of carbonyl (C=O) groups excluding carboxylic acids is 2. The number of hydrogen-bond acceptors (Lipinski definition) is 3. The summed E-state index contributed by atoms with van der Waals surface area (Å²) in [5.41, 5.74) is 8.16. The number of nitrogens with zero attached hydrogens (tertiary/aromatic N) is 1. The van der Waals surface area contributed by atoms with E-state index in [4.69, 9.17) is 5.73 Å². The van der Waals surface area contributed by atoms with Gasteiger partial charge in [0.2, 0.25) is 11.8 Å². The zero-order valence-corrected chi connectivity index (χ0v) is 16.5. The number of carbonyl (C=O) groups is 2. The van der Waals surface area contributed by atoms with E-state index >= 15 is 0 Å². The lowest BCUT2D eigenvalue weighted by Crippen LogP contribution is -2.43. The monoisotopic (exact) mass is 417 g/mol. The fraction of sp³-hybridized carbons (Fsp3) is 0.529. The van der Waals surface area contributed by atoms with E-state index in [0.29, 0.717) is 24.3 Å². The van der Waals surface area contributed by atoms with Gasteiger partial charge in [-0.25, -0.2) is 0 Å². The molecule has 24 heavy (non-hydrogen) atoms. The van der Waals surface area contributed by atoms with E-state index in [2.05, 4.69) is 21.2 Å². The van der Waals surface area contributed by atoms with Gasteiger partial charge in [0.15, 0.2) is 0 Å². The lowest BCUT2D eigenvalue weighted by Gasteiger charge is -2.32. The summed E-state index contributed by atoms with van der Waals surface area (Å²) in [7, 11) is 0. The molecule has 0 radical (unpaired) electrons. The Morgan fingerprint density at radius 1 is 1.42 bits per heavy atom. The number of nitrogens with one attached hydrogen (secondary N) is 1. The SMILES string of the molecule is CCCC(=O)N1CCCC(C(=O)Nc2cc(Br)cc(C)c2N)C1.Cl. The number of halogens is 2. The predicted molar refractivity (Wildman–Crippen MR) is 103 cm³/mol. The smallest absolute Gasteiger partial charge is 0.229 e. The summed E-state index contributed by atoms with van der Waals surface area (Å²) >= 11 is 3.42. The molecule has 1 atom stereocenters. The highest BCUT2D eigenvalue weighted by atomic mass is 79.9. The maximum absolute atomic E-state index is 12.5. The molecular formula is C17H25BrClN3O2. The fourth-order valence-electron chi connectivity index (χ4n) is 2.88. The third kappa shape index (κ3) is 5.11. The van der Waals surface area contributed by atoms with Gasteiger partial charge in [0, 0.05) is 24.0 Å². The molecule has 0 aromatic heterocycles. The van der Waals surface area contributed by atoms with E-state index in [1.54, 1.807) is 0 Å². The first-order valence-corrected chi connectivity index (χ1v) is 8.86. The molecule has 1 heterocycles. The Kier molecular flexibility index (Phi) is 8.03. The van der Waals surface area contributed by atoms with Crippen LogP contribution in [0.5, 0.6) is 0 Å². The largest absolute Gasteiger partial charge is 0.397 e. The predicted octanol–water partition coefficient (Wildman–Crippen LogP) is 3.74. The number of piperidine rings is 1. The number of nitrogen functional groups attached to an aromatic ring is 1. The molecule has 1 fully saturated rings. The molecule has 1 aromatic carbocycles. The lowest BCUT2D eigenvalue weighted by atomic mass is 9.96. The van der Waals surface area contributed by atoms with Gasteiger partial charge in [-0.15, -0.1) is 12.4 Å². The van der Waals surface area contributed by atoms with Crippen molar-refractivity contribution in [2.45, 2.75) is 39.5 Å². The molecule has 2 rings (SSSR count). The summed E-state index contributed by atoms with van der Waals surface area (Å²) in [6.07, 6.45) is 3.04. The van der Waals surface area contributed by atoms with Gasteiger partial charge in [-0.2, -0.15) is 0 Å². The van der Waals surface area contributed by atoms with E-state index in [1.807, 2.05) is 30.9 Å². The van der Waals surface area contributed by atoms with Gasteiger partial charge < -0.3 is 16.0 Å². The second kappa shape index (κ2) is 9.28. The normalized spacial score (nSPS) is 17.1. The molecule has 0 spiro atoms. The van der Waals surface area contributed by atoms with Gasteiger partial charge in [-0.3, -0.25) is 9.59 Å². The van der Waals surface area contributed by atoms with Crippen LogP contribution < -0.4 is 11.1 Å². The highest BCUT2D eigenvalue weighted by Crippen LogP contribution is 2.28. The van der Waals surface area contributed by atoms with Crippen LogP contribution in [0, 0.1) is 12.8 Å². The molecule has 7 heteroatoms. The average molecular weight is 419 g/mol. The number of nitrogens with two attached hydrogens (primary N) is 1. The van der Waals surface area contributed by atoms with Crippen molar-refractivity contribution in [1.29, 1.82) is 0 Å². The van der Waals surface area contributed by atoms with Crippen molar-refractivity contribution in [2.24, 2.45) is 5.92 Å². The van der Waals surface area contributed by atoms with E-state index in [-0.39, 0.29) is 30.1 Å². The topological polar surface area (TPSA) is 75.4 Å². The van der Waals surface area contributed by atoms with Crippen molar-refractivity contribution in [3.63, 3.8) is 0 Å². The maximum Gasteiger partial charge on any atom is 0.229 e. The van der Waals surface area contributed by atoms with Gasteiger partial charge in [-0.1, -0.05) is 22.9 Å². The van der Waals surface area contributed by atoms with E-state index < -0.39 is 0 Å². The summed E-state index contributed by atoms with van der Waals surface area (Å²) in [6.45, 7) is 5.14. The van der Waals surface area contributed by atoms with Crippen LogP contribution in [0.15, 0.2) is 16.6 Å². The molecule has 2 amide bonds. The fourth-order valence-corrected chi connectivity index (χ4v) is 3.45. The van der Waals surface area contributed by atoms with Gasteiger partial charge in [0.1, 0.15) is 0 Å². The van der Waals surface area contributed by atoms with Crippen LogP contribution >= 0.6 is 28.3 Å². The van der Waals surface area contributed by atoms with Gasteiger partial charge >= 0.3 is 0 Å². The van der Waals surface area contributed by atoms with Crippen molar-refractivity contribution in [3.8, 4) is 0 Å². The molecule has 3 N–H and O–H groups in total. The van der Waals surface area contributed by atoms with Crippen LogP contribution in [-0.2, 0) is 9.59 Å². The second-order valence-corrected chi connectivity index (χ2v) is 7.02. The second-order valence-electron chi connectivity index (χ2n) is 6.10. The van der Waals surface area contributed by atoms with Gasteiger partial charge in [0.05, 0.1) is 17.3 Å². The first kappa shape index (κ1) is 20.8. The first-order valence-electron chi connectivity index (χ1n) is 8.06. The van der Waals surface area contributed by atoms with Gasteiger partial charge in [-0.05, 0) is 43.9 Å². The number of aryl methyl sites for hydroxylation is 1. The third-order valence-electron chi connectivity index (χ3n) is 4.22. The van der Waals surface area contributed by atoms with Crippen molar-refractivity contribution in [2.75, 3.05) is 24.1 Å². The Morgan fingerprint density at radius 3 is 2.79 bits per heavy atom. The van der Waals surface area contributed by atoms with E-state index in [9.17, 15) is 9.59 Å². The molecule has 0 saturated carbocycles. The van der Waals surface area contributed by atoms with Crippen molar-refractivity contribution >= 4 is 51.5 Å². The standard InChI is InChI=1S/C17H24BrN3O2.ClH/c1-3-5-15(22)21-7-4-6-12(10-21)17(23)20-14-9-13(18)8-11(2)16(14)19;/h8-9,12H,3-7,10,19H2,1-2H3,(H,20,23);1H. The van der Waals surface area contributed by atoms with Gasteiger partial charge in [0.25, 0.3) is 0 Å². The zero-order valence-electron chi connectivity index (χ0n) is 14.1. The summed E-state index contributed by atoms with van der Waals surface area (Å²) in [6, 6.07) is 3.72. The third-order valence-corrected chi connectivity index (χ3v) is 4.68. The average Bonchev–Trinajstić information content (AvgIpc) is 2.52. The quantitative estimate of drug-likeness (QED) is 0.731. The number of anilines is 2. The van der Waals surface area contributed by atoms with E-state index in [0.717, 1.165) is 35.8 Å². The Bertz CT molecular complexity index is 610. The molecular weight excluding hydrogens is 394 g/mol. The van der Waals surface area contributed by atoms with Crippen molar-refractivity contribution in [1.82, 2.24) is 4.90 Å². The lowest BCUT2D eigenvalue weighted by molar-refractivity contribution is -0.134. The van der Waals surface area contributed by atoms with Crippen LogP contribution in [0.25, 0.3) is 0 Å². The molecule has 1 aliphatic rings. The van der Waals surface area contributed by atoms with E-state index in [1.165, 1.54) is 0 Å². The number of amides is 2. The molecule has 5 nitrogen and oxygen atoms in total. The molecule has 1 saturated heterocycles. The van der Waals surface area contributed by atoms with Crippen LogP contribution in [0.4, 0.5) is 11.4 Å². The minimum Gasteiger partial charge on any atom is -0.397 e. The molecule has 0 aliphatic carbocycles. The molecule has 1 unspecified atom stereocenters. The summed E-state index contributed by atoms with van der Waals surface area (Å²) in [5.74, 6) is -0.103. The minimum absolute atomic E-state index is 0. The number of benzene rings is 1. The Morgan fingerprint density at radius 2 is 2.12 bits per heavy atom. The molecule has 134 valence electrons. The Balaban J connectivity index is 0.00000288. The summed E-state index contributed by atoms with van der Waals surface area (Å²) < 4.78 is 0.878. The first-order chi connectivity index (χ1) is 10.9. The zero-order chi connectivity index (χ0) is 17.0. The van der Waals surface area contributed by atoms with Crippen LogP contribution in [0.1, 0.15) is 38.2 Å². The summed E-state index contributed by atoms with van der Waals surface area (Å²) in [4.78, 5) is 26.4. The minimum atomic E-state index is -0.178. The summed E-state index contributed by atoms with van der Waals surface area (Å²) in [5, 5.41) is 2.92. The Labute approximate surface area is 157 Å². The van der Waals surface area contributed by atoms with Crippen molar-refractivity contribution < 1.29 is 9.59 Å². The molecule has 0 bridgehead atoms. The number of hydrogen-bond donors (Lipinski definition) is 2. The van der Waals surface area contributed by atoms with Crippen molar-refractivity contribution in [3.05, 3.63) is 22.2 Å². The van der Waals surface area contributed by atoms with Crippen LogP contribution in [-0.4, -0.2) is 29.8 Å².